The Morgan fingerprint density at radius 2 is 2.04 bits per heavy atom. The highest BCUT2D eigenvalue weighted by Gasteiger charge is 2.25. The van der Waals surface area contributed by atoms with E-state index in [1.165, 1.54) is 11.0 Å². The number of carbonyl (C=O) groups excluding carboxylic acids is 3. The summed E-state index contributed by atoms with van der Waals surface area (Å²) in [7, 11) is 3.40. The number of hydrogen-bond acceptors (Lipinski definition) is 6. The predicted molar refractivity (Wildman–Crippen MR) is 107 cm³/mol. The van der Waals surface area contributed by atoms with Crippen LogP contribution in [0.2, 0.25) is 0 Å². The first-order chi connectivity index (χ1) is 13.4. The van der Waals surface area contributed by atoms with Crippen LogP contribution in [-0.4, -0.2) is 41.0 Å². The molecule has 3 amide bonds. The highest BCUT2D eigenvalue weighted by molar-refractivity contribution is 8.18. The van der Waals surface area contributed by atoms with Gasteiger partial charge in [-0.2, -0.15) is 0 Å². The van der Waals surface area contributed by atoms with E-state index in [1.54, 1.807) is 44.7 Å². The van der Waals surface area contributed by atoms with E-state index in [0.717, 1.165) is 28.3 Å². The van der Waals surface area contributed by atoms with Gasteiger partial charge in [-0.3, -0.25) is 24.7 Å². The van der Waals surface area contributed by atoms with Gasteiger partial charge in [0.25, 0.3) is 17.1 Å². The molecule has 0 aliphatic carbocycles. The molecule has 8 heteroatoms. The first-order valence-corrected chi connectivity index (χ1v) is 9.18. The number of pyridine rings is 1. The Hall–Kier alpha value is -3.39. The lowest BCUT2D eigenvalue weighted by molar-refractivity contribution is -0.115. The number of imide groups is 1. The molecule has 7 nitrogen and oxygen atoms in total. The SMILES string of the molecule is CN(C)C(=O)c1cccc(-c2cncc3cc(C=C4SC(=O)NC4=O)oc23)c1. The van der Waals surface area contributed by atoms with E-state index in [4.69, 9.17) is 4.42 Å². The third-order valence-corrected chi connectivity index (χ3v) is 4.99. The summed E-state index contributed by atoms with van der Waals surface area (Å²) in [4.78, 5) is 41.4. The van der Waals surface area contributed by atoms with Crippen LogP contribution in [0, 0.1) is 0 Å². The molecule has 1 aromatic carbocycles. The van der Waals surface area contributed by atoms with Crippen LogP contribution in [0.4, 0.5) is 4.79 Å². The van der Waals surface area contributed by atoms with Crippen molar-refractivity contribution in [3.05, 3.63) is 59.0 Å². The normalized spacial score (nSPS) is 15.3. The molecule has 1 fully saturated rings. The number of carbonyl (C=O) groups is 3. The average molecular weight is 393 g/mol. The summed E-state index contributed by atoms with van der Waals surface area (Å²) in [5.74, 6) is -0.0957. The monoisotopic (exact) mass is 393 g/mol. The van der Waals surface area contributed by atoms with Crippen LogP contribution in [0.5, 0.6) is 0 Å². The lowest BCUT2D eigenvalue weighted by Gasteiger charge is -2.11. The Kier molecular flexibility index (Phi) is 4.48. The molecule has 3 heterocycles. The molecule has 1 saturated heterocycles. The van der Waals surface area contributed by atoms with Crippen molar-refractivity contribution < 1.29 is 18.8 Å². The number of nitrogens with zero attached hydrogens (tertiary/aromatic N) is 2. The zero-order valence-electron chi connectivity index (χ0n) is 15.1. The van der Waals surface area contributed by atoms with Crippen LogP contribution in [0.1, 0.15) is 16.1 Å². The Morgan fingerprint density at radius 1 is 1.21 bits per heavy atom. The number of fused-ring (bicyclic) bond motifs is 1. The zero-order chi connectivity index (χ0) is 19.8. The number of aromatic nitrogens is 1. The van der Waals surface area contributed by atoms with Crippen molar-refractivity contribution in [2.45, 2.75) is 0 Å². The van der Waals surface area contributed by atoms with E-state index < -0.39 is 11.1 Å². The van der Waals surface area contributed by atoms with Crippen molar-refractivity contribution in [2.24, 2.45) is 0 Å². The largest absolute Gasteiger partial charge is 0.456 e. The maximum Gasteiger partial charge on any atom is 0.290 e. The van der Waals surface area contributed by atoms with Gasteiger partial charge in [0.05, 0.1) is 4.91 Å². The molecule has 0 unspecified atom stereocenters. The second-order valence-corrected chi connectivity index (χ2v) is 7.40. The molecule has 0 bridgehead atoms. The number of nitrogens with one attached hydrogen (secondary N) is 1. The van der Waals surface area contributed by atoms with Gasteiger partial charge < -0.3 is 9.32 Å². The number of thioether (sulfide) groups is 1. The van der Waals surface area contributed by atoms with Crippen molar-refractivity contribution >= 4 is 45.9 Å². The summed E-state index contributed by atoms with van der Waals surface area (Å²) in [5.41, 5.74) is 2.68. The van der Waals surface area contributed by atoms with Gasteiger partial charge in [-0.15, -0.1) is 0 Å². The molecule has 0 radical (unpaired) electrons. The van der Waals surface area contributed by atoms with Gasteiger partial charge in [0.15, 0.2) is 0 Å². The van der Waals surface area contributed by atoms with E-state index in [9.17, 15) is 14.4 Å². The number of amides is 3. The summed E-state index contributed by atoms with van der Waals surface area (Å²) in [6.45, 7) is 0. The van der Waals surface area contributed by atoms with Gasteiger partial charge in [-0.1, -0.05) is 12.1 Å². The molecule has 0 atom stereocenters. The fourth-order valence-electron chi connectivity index (χ4n) is 2.89. The second kappa shape index (κ2) is 6.97. The van der Waals surface area contributed by atoms with Crippen LogP contribution in [0.15, 0.2) is 52.0 Å². The summed E-state index contributed by atoms with van der Waals surface area (Å²) in [6.07, 6.45) is 4.86. The standard InChI is InChI=1S/C20H15N3O4S/c1-23(2)19(25)12-5-3-4-11(6-12)15-10-21-9-13-7-14(27-17(13)15)8-16-18(24)22-20(26)28-16/h3-10H,1-2H3,(H,22,24,26). The Labute approximate surface area is 164 Å². The fraction of sp³-hybridized carbons (Fsp3) is 0.100. The molecule has 1 aliphatic heterocycles. The van der Waals surface area contributed by atoms with Crippen molar-refractivity contribution in [1.82, 2.24) is 15.2 Å². The maximum absolute atomic E-state index is 12.3. The molecule has 2 aromatic heterocycles. The molecule has 0 saturated carbocycles. The first-order valence-electron chi connectivity index (χ1n) is 8.37. The molecule has 0 spiro atoms. The molecule has 28 heavy (non-hydrogen) atoms. The minimum atomic E-state index is -0.441. The fourth-order valence-corrected chi connectivity index (χ4v) is 3.55. The van der Waals surface area contributed by atoms with Crippen LogP contribution >= 0.6 is 11.8 Å². The van der Waals surface area contributed by atoms with Crippen LogP contribution in [0.3, 0.4) is 0 Å². The first kappa shape index (κ1) is 18.0. The zero-order valence-corrected chi connectivity index (χ0v) is 15.9. The van der Waals surface area contributed by atoms with E-state index in [-0.39, 0.29) is 10.8 Å². The number of furan rings is 1. The van der Waals surface area contributed by atoms with Crippen molar-refractivity contribution in [3.63, 3.8) is 0 Å². The van der Waals surface area contributed by atoms with Crippen molar-refractivity contribution in [1.29, 1.82) is 0 Å². The lowest BCUT2D eigenvalue weighted by atomic mass is 10.0. The summed E-state index contributed by atoms with van der Waals surface area (Å²) < 4.78 is 5.93. The Bertz CT molecular complexity index is 1160. The molecule has 140 valence electrons. The maximum atomic E-state index is 12.3. The molecule has 1 N–H and O–H groups in total. The van der Waals surface area contributed by atoms with E-state index in [2.05, 4.69) is 10.3 Å². The van der Waals surface area contributed by atoms with E-state index >= 15 is 0 Å². The van der Waals surface area contributed by atoms with E-state index in [0.29, 0.717) is 16.9 Å². The van der Waals surface area contributed by atoms with Crippen LogP contribution < -0.4 is 5.32 Å². The third-order valence-electron chi connectivity index (χ3n) is 4.18. The molecule has 4 rings (SSSR count). The van der Waals surface area contributed by atoms with Gasteiger partial charge in [0.2, 0.25) is 0 Å². The highest BCUT2D eigenvalue weighted by atomic mass is 32.2. The summed E-state index contributed by atoms with van der Waals surface area (Å²) in [6, 6.07) is 8.98. The lowest BCUT2D eigenvalue weighted by Crippen LogP contribution is -2.21. The topological polar surface area (TPSA) is 92.5 Å². The van der Waals surface area contributed by atoms with Crippen molar-refractivity contribution in [3.8, 4) is 11.1 Å². The smallest absolute Gasteiger partial charge is 0.290 e. The number of benzene rings is 1. The molecular weight excluding hydrogens is 378 g/mol. The van der Waals surface area contributed by atoms with Gasteiger partial charge in [-0.05, 0) is 35.5 Å². The van der Waals surface area contributed by atoms with Gasteiger partial charge in [0.1, 0.15) is 11.3 Å². The van der Waals surface area contributed by atoms with Gasteiger partial charge >= 0.3 is 0 Å². The van der Waals surface area contributed by atoms with Crippen molar-refractivity contribution in [2.75, 3.05) is 14.1 Å². The minimum Gasteiger partial charge on any atom is -0.456 e. The average Bonchev–Trinajstić information content (AvgIpc) is 3.22. The molecule has 3 aromatic rings. The predicted octanol–water partition coefficient (Wildman–Crippen LogP) is 3.52. The van der Waals surface area contributed by atoms with Crippen LogP contribution in [-0.2, 0) is 4.79 Å². The van der Waals surface area contributed by atoms with Gasteiger partial charge in [0, 0.05) is 49.1 Å². The van der Waals surface area contributed by atoms with Crippen LogP contribution in [0.25, 0.3) is 28.2 Å². The molecule has 1 aliphatic rings. The highest BCUT2D eigenvalue weighted by Crippen LogP contribution is 2.33. The second-order valence-electron chi connectivity index (χ2n) is 6.39. The third kappa shape index (κ3) is 3.29. The summed E-state index contributed by atoms with van der Waals surface area (Å²) in [5, 5.41) is 2.56. The molecular formula is C20H15N3O4S. The summed E-state index contributed by atoms with van der Waals surface area (Å²) >= 11 is 0.831. The Balaban J connectivity index is 1.77. The minimum absolute atomic E-state index is 0.0965. The number of rotatable bonds is 3. The number of hydrogen-bond donors (Lipinski definition) is 1. The Morgan fingerprint density at radius 3 is 2.75 bits per heavy atom. The van der Waals surface area contributed by atoms with E-state index in [1.807, 2.05) is 12.1 Å². The van der Waals surface area contributed by atoms with Gasteiger partial charge in [-0.25, -0.2) is 0 Å². The quantitative estimate of drug-likeness (QED) is 0.685.